The molecule has 0 aliphatic heterocycles. The topological polar surface area (TPSA) is 95.6 Å². The van der Waals surface area contributed by atoms with Crippen LogP contribution < -0.4 is 14.9 Å². The highest BCUT2D eigenvalue weighted by Gasteiger charge is 2.27. The summed E-state index contributed by atoms with van der Waals surface area (Å²) in [5.74, 6) is -0.369. The van der Waals surface area contributed by atoms with E-state index in [-0.39, 0.29) is 17.2 Å². The second-order valence-electron chi connectivity index (χ2n) is 7.37. The van der Waals surface area contributed by atoms with Gasteiger partial charge in [0.2, 0.25) is 5.91 Å². The summed E-state index contributed by atoms with van der Waals surface area (Å²) in [6.45, 7) is 1.92. The number of carbonyl (C=O) groups excluding carboxylic acids is 2. The Morgan fingerprint density at radius 1 is 0.906 bits per heavy atom. The molecule has 32 heavy (non-hydrogen) atoms. The van der Waals surface area contributed by atoms with Crippen molar-refractivity contribution in [1.82, 2.24) is 10.0 Å². The number of sulfonamides is 1. The molecule has 2 N–H and O–H groups in total. The Morgan fingerprint density at radius 3 is 2.16 bits per heavy atom. The van der Waals surface area contributed by atoms with E-state index >= 15 is 0 Å². The fraction of sp³-hybridized carbons (Fsp3) is 0.167. The number of hydrogen-bond acceptors (Lipinski definition) is 4. The first-order chi connectivity index (χ1) is 15.3. The normalized spacial score (nSPS) is 11.9. The van der Waals surface area contributed by atoms with Gasteiger partial charge in [-0.2, -0.15) is 0 Å². The van der Waals surface area contributed by atoms with Crippen molar-refractivity contribution in [3.05, 3.63) is 96.1 Å². The molecule has 3 amide bonds. The predicted octanol–water partition coefficient (Wildman–Crippen LogP) is 3.26. The van der Waals surface area contributed by atoms with E-state index in [1.807, 2.05) is 60.2 Å². The monoisotopic (exact) mass is 451 g/mol. The molecule has 3 aromatic carbocycles. The lowest BCUT2D eigenvalue weighted by Crippen LogP contribution is -2.52. The smallest absolute Gasteiger partial charge is 0.325 e. The van der Waals surface area contributed by atoms with Crippen molar-refractivity contribution in [2.24, 2.45) is 0 Å². The molecule has 1 unspecified atom stereocenters. The molecule has 0 aromatic heterocycles. The summed E-state index contributed by atoms with van der Waals surface area (Å²) in [5, 5.41) is 2.54. The lowest BCUT2D eigenvalue weighted by Gasteiger charge is -2.25. The third-order valence-corrected chi connectivity index (χ3v) is 6.23. The zero-order valence-corrected chi connectivity index (χ0v) is 18.7. The third kappa shape index (κ3) is 5.95. The number of amides is 3. The molecule has 0 aliphatic rings. The summed E-state index contributed by atoms with van der Waals surface area (Å²) < 4.78 is 26.9. The molecule has 166 valence electrons. The summed E-state index contributed by atoms with van der Waals surface area (Å²) in [6, 6.07) is 22.2. The summed E-state index contributed by atoms with van der Waals surface area (Å²) >= 11 is 0. The molecular formula is C24H25N3O4S. The van der Waals surface area contributed by atoms with E-state index < -0.39 is 22.1 Å². The molecule has 0 fully saturated rings. The molecule has 0 aliphatic carbocycles. The SMILES string of the molecule is Cc1cccc(N(C)C(=O)C(Cc2ccccc2)NC(=O)NS(=O)(=O)c2ccccc2)c1. The molecule has 0 spiro atoms. The van der Waals surface area contributed by atoms with E-state index in [9.17, 15) is 18.0 Å². The van der Waals surface area contributed by atoms with Gasteiger partial charge in [-0.15, -0.1) is 0 Å². The predicted molar refractivity (Wildman–Crippen MR) is 124 cm³/mol. The van der Waals surface area contributed by atoms with Crippen LogP contribution in [0.2, 0.25) is 0 Å². The van der Waals surface area contributed by atoms with Gasteiger partial charge in [-0.25, -0.2) is 17.9 Å². The van der Waals surface area contributed by atoms with Crippen molar-refractivity contribution in [1.29, 1.82) is 0 Å². The van der Waals surface area contributed by atoms with Gasteiger partial charge >= 0.3 is 6.03 Å². The summed E-state index contributed by atoms with van der Waals surface area (Å²) in [5.41, 5.74) is 2.49. The van der Waals surface area contributed by atoms with Crippen LogP contribution in [0.5, 0.6) is 0 Å². The highest BCUT2D eigenvalue weighted by molar-refractivity contribution is 7.90. The van der Waals surface area contributed by atoms with Crippen molar-refractivity contribution in [3.8, 4) is 0 Å². The van der Waals surface area contributed by atoms with E-state index in [1.54, 1.807) is 31.3 Å². The molecule has 3 aromatic rings. The molecule has 0 saturated heterocycles. The molecule has 0 radical (unpaired) electrons. The van der Waals surface area contributed by atoms with Crippen molar-refractivity contribution >= 4 is 27.6 Å². The Labute approximate surface area is 188 Å². The maximum atomic E-state index is 13.3. The van der Waals surface area contributed by atoms with Crippen molar-refractivity contribution in [2.75, 3.05) is 11.9 Å². The second kappa shape index (κ2) is 10.1. The van der Waals surface area contributed by atoms with Crippen LogP contribution in [0.15, 0.2) is 89.8 Å². The number of hydrogen-bond donors (Lipinski definition) is 2. The van der Waals surface area contributed by atoms with Crippen molar-refractivity contribution in [2.45, 2.75) is 24.3 Å². The lowest BCUT2D eigenvalue weighted by atomic mass is 10.0. The summed E-state index contributed by atoms with van der Waals surface area (Å²) in [4.78, 5) is 27.2. The van der Waals surface area contributed by atoms with Gasteiger partial charge in [0.15, 0.2) is 0 Å². The Hall–Kier alpha value is -3.65. The minimum absolute atomic E-state index is 0.0436. The highest BCUT2D eigenvalue weighted by atomic mass is 32.2. The fourth-order valence-corrected chi connectivity index (χ4v) is 4.15. The lowest BCUT2D eigenvalue weighted by molar-refractivity contribution is -0.120. The van der Waals surface area contributed by atoms with Crippen LogP contribution in [0.1, 0.15) is 11.1 Å². The number of aryl methyl sites for hydroxylation is 1. The van der Waals surface area contributed by atoms with Crippen LogP contribution in [0.3, 0.4) is 0 Å². The van der Waals surface area contributed by atoms with Crippen LogP contribution in [-0.4, -0.2) is 33.4 Å². The number of anilines is 1. The number of nitrogens with one attached hydrogen (secondary N) is 2. The largest absolute Gasteiger partial charge is 0.329 e. The molecule has 0 heterocycles. The van der Waals surface area contributed by atoms with Crippen LogP contribution >= 0.6 is 0 Å². The first-order valence-electron chi connectivity index (χ1n) is 10.0. The van der Waals surface area contributed by atoms with Gasteiger partial charge in [0.1, 0.15) is 6.04 Å². The second-order valence-corrected chi connectivity index (χ2v) is 9.05. The maximum absolute atomic E-state index is 13.3. The van der Waals surface area contributed by atoms with Crippen LogP contribution in [0.4, 0.5) is 10.5 Å². The van der Waals surface area contributed by atoms with E-state index in [4.69, 9.17) is 0 Å². The number of rotatable bonds is 7. The van der Waals surface area contributed by atoms with Gasteiger partial charge in [-0.05, 0) is 42.3 Å². The molecule has 1 atom stereocenters. The average Bonchev–Trinajstić information content (AvgIpc) is 2.78. The first kappa shape index (κ1) is 23.0. The molecule has 8 heteroatoms. The highest BCUT2D eigenvalue weighted by Crippen LogP contribution is 2.16. The zero-order chi connectivity index (χ0) is 23.1. The Balaban J connectivity index is 1.81. The number of likely N-dealkylation sites (N-methyl/N-ethyl adjacent to an activating group) is 1. The Morgan fingerprint density at radius 2 is 1.53 bits per heavy atom. The number of benzene rings is 3. The van der Waals surface area contributed by atoms with Gasteiger partial charge in [0.05, 0.1) is 4.90 Å². The van der Waals surface area contributed by atoms with E-state index in [2.05, 4.69) is 5.32 Å². The summed E-state index contributed by atoms with van der Waals surface area (Å²) in [7, 11) is -2.45. The van der Waals surface area contributed by atoms with E-state index in [0.29, 0.717) is 5.69 Å². The average molecular weight is 452 g/mol. The van der Waals surface area contributed by atoms with Gasteiger partial charge in [-0.3, -0.25) is 4.79 Å². The van der Waals surface area contributed by atoms with Gasteiger partial charge < -0.3 is 10.2 Å². The maximum Gasteiger partial charge on any atom is 0.329 e. The van der Waals surface area contributed by atoms with Crippen LogP contribution in [-0.2, 0) is 21.2 Å². The molecule has 0 saturated carbocycles. The summed E-state index contributed by atoms with van der Waals surface area (Å²) in [6.07, 6.45) is 0.203. The number of carbonyl (C=O) groups is 2. The molecule has 7 nitrogen and oxygen atoms in total. The van der Waals surface area contributed by atoms with E-state index in [1.165, 1.54) is 17.0 Å². The van der Waals surface area contributed by atoms with Crippen LogP contribution in [0, 0.1) is 6.92 Å². The third-order valence-electron chi connectivity index (χ3n) is 4.89. The van der Waals surface area contributed by atoms with Crippen LogP contribution in [0.25, 0.3) is 0 Å². The van der Waals surface area contributed by atoms with Gasteiger partial charge in [-0.1, -0.05) is 60.7 Å². The zero-order valence-electron chi connectivity index (χ0n) is 17.9. The Kier molecular flexibility index (Phi) is 7.27. The molecular weight excluding hydrogens is 426 g/mol. The van der Waals surface area contributed by atoms with Gasteiger partial charge in [0, 0.05) is 19.2 Å². The quantitative estimate of drug-likeness (QED) is 0.576. The van der Waals surface area contributed by atoms with Crippen molar-refractivity contribution < 1.29 is 18.0 Å². The number of nitrogens with zero attached hydrogens (tertiary/aromatic N) is 1. The van der Waals surface area contributed by atoms with Gasteiger partial charge in [0.25, 0.3) is 10.0 Å². The first-order valence-corrected chi connectivity index (χ1v) is 11.5. The number of urea groups is 1. The van der Waals surface area contributed by atoms with E-state index in [0.717, 1.165) is 11.1 Å². The molecule has 3 rings (SSSR count). The minimum atomic E-state index is -4.07. The standard InChI is InChI=1S/C24H25N3O4S/c1-18-10-9-13-20(16-18)27(2)23(28)22(17-19-11-5-3-6-12-19)25-24(29)26-32(30,31)21-14-7-4-8-15-21/h3-16,22H,17H2,1-2H3,(H2,25,26,29). The van der Waals surface area contributed by atoms with Crippen molar-refractivity contribution in [3.63, 3.8) is 0 Å². The minimum Gasteiger partial charge on any atom is -0.325 e. The molecule has 0 bridgehead atoms. The Bertz CT molecular complexity index is 1180. The fourth-order valence-electron chi connectivity index (χ4n) is 3.22.